The molecular formula is C13H18N2O. The number of benzene rings is 1. The predicted octanol–water partition coefficient (Wildman–Crippen LogP) is 4.22. The molecule has 3 heteroatoms. The molecule has 1 rings (SSSR count). The topological polar surface area (TPSA) is 45.4 Å². The fraction of sp³-hybridized carbons (Fsp3) is 0.385. The van der Waals surface area contributed by atoms with Gasteiger partial charge in [0.1, 0.15) is 0 Å². The summed E-state index contributed by atoms with van der Waals surface area (Å²) in [5, 5.41) is 3.36. The molecule has 0 saturated carbocycles. The zero-order valence-corrected chi connectivity index (χ0v) is 9.70. The minimum Gasteiger partial charge on any atom is -0.499 e. The molecule has 1 N–H and O–H groups in total. The molecule has 0 spiro atoms. The van der Waals surface area contributed by atoms with Gasteiger partial charge in [-0.05, 0) is 43.9 Å². The standard InChI is InChI=1S/C13H18N2O/c1-11(2)16-10-4-3-5-12-6-8-13(15-14)9-7-12/h6-9,14H,1,3-5,10H2,2H3. The quantitative estimate of drug-likeness (QED) is 0.415. The van der Waals surface area contributed by atoms with Crippen molar-refractivity contribution in [3.05, 3.63) is 42.2 Å². The molecule has 0 fully saturated rings. The average molecular weight is 218 g/mol. The molecule has 16 heavy (non-hydrogen) atoms. The average Bonchev–Trinajstić information content (AvgIpc) is 2.29. The van der Waals surface area contributed by atoms with Crippen molar-refractivity contribution in [1.82, 2.24) is 0 Å². The molecule has 0 aliphatic rings. The largest absolute Gasteiger partial charge is 0.499 e. The van der Waals surface area contributed by atoms with Gasteiger partial charge in [0.05, 0.1) is 18.1 Å². The Balaban J connectivity index is 2.21. The van der Waals surface area contributed by atoms with Gasteiger partial charge in [0.25, 0.3) is 0 Å². The van der Waals surface area contributed by atoms with Gasteiger partial charge in [-0.3, -0.25) is 0 Å². The number of rotatable bonds is 7. The first-order valence-electron chi connectivity index (χ1n) is 5.47. The summed E-state index contributed by atoms with van der Waals surface area (Å²) in [5.41, 5.74) is 8.83. The molecule has 0 aliphatic carbocycles. The van der Waals surface area contributed by atoms with Gasteiger partial charge >= 0.3 is 0 Å². The van der Waals surface area contributed by atoms with Crippen molar-refractivity contribution in [1.29, 1.82) is 5.53 Å². The molecule has 0 unspecified atom stereocenters. The van der Waals surface area contributed by atoms with Gasteiger partial charge in [0.2, 0.25) is 0 Å². The molecule has 1 aromatic rings. The lowest BCUT2D eigenvalue weighted by atomic mass is 10.1. The number of unbranched alkanes of at least 4 members (excludes halogenated alkanes) is 1. The number of nitrogens with one attached hydrogen (secondary N) is 1. The number of allylic oxidation sites excluding steroid dienone is 1. The van der Waals surface area contributed by atoms with Crippen LogP contribution in [-0.4, -0.2) is 6.61 Å². The summed E-state index contributed by atoms with van der Waals surface area (Å²) >= 11 is 0. The fourth-order valence-corrected chi connectivity index (χ4v) is 1.41. The van der Waals surface area contributed by atoms with E-state index in [1.54, 1.807) is 0 Å². The molecule has 86 valence electrons. The molecule has 0 radical (unpaired) electrons. The maximum absolute atomic E-state index is 6.85. The van der Waals surface area contributed by atoms with Crippen LogP contribution in [0.4, 0.5) is 5.69 Å². The molecule has 0 aromatic heterocycles. The van der Waals surface area contributed by atoms with E-state index >= 15 is 0 Å². The Morgan fingerprint density at radius 3 is 2.56 bits per heavy atom. The maximum atomic E-state index is 6.85. The van der Waals surface area contributed by atoms with Crippen LogP contribution in [0.25, 0.3) is 0 Å². The molecular weight excluding hydrogens is 200 g/mol. The number of nitrogens with zero attached hydrogens (tertiary/aromatic N) is 1. The summed E-state index contributed by atoms with van der Waals surface area (Å²) in [7, 11) is 0. The monoisotopic (exact) mass is 218 g/mol. The summed E-state index contributed by atoms with van der Waals surface area (Å²) in [6.45, 7) is 6.29. The van der Waals surface area contributed by atoms with E-state index in [-0.39, 0.29) is 0 Å². The van der Waals surface area contributed by atoms with Gasteiger partial charge in [-0.1, -0.05) is 18.7 Å². The van der Waals surface area contributed by atoms with E-state index in [1.165, 1.54) is 5.56 Å². The summed E-state index contributed by atoms with van der Waals surface area (Å²) in [4.78, 5) is 0. The van der Waals surface area contributed by atoms with Gasteiger partial charge < -0.3 is 4.74 Å². The van der Waals surface area contributed by atoms with Crippen molar-refractivity contribution < 1.29 is 4.74 Å². The zero-order valence-electron chi connectivity index (χ0n) is 9.70. The van der Waals surface area contributed by atoms with Crippen molar-refractivity contribution in [2.45, 2.75) is 26.2 Å². The first-order valence-corrected chi connectivity index (χ1v) is 5.47. The Morgan fingerprint density at radius 1 is 1.31 bits per heavy atom. The summed E-state index contributed by atoms with van der Waals surface area (Å²) in [6.07, 6.45) is 3.18. The highest BCUT2D eigenvalue weighted by Gasteiger charge is 1.95. The van der Waals surface area contributed by atoms with Crippen molar-refractivity contribution >= 4 is 5.69 Å². The molecule has 0 bridgehead atoms. The fourth-order valence-electron chi connectivity index (χ4n) is 1.41. The van der Waals surface area contributed by atoms with Gasteiger partial charge in [0.15, 0.2) is 0 Å². The minimum atomic E-state index is 0.703. The number of ether oxygens (including phenoxy) is 1. The first kappa shape index (κ1) is 12.4. The van der Waals surface area contributed by atoms with E-state index < -0.39 is 0 Å². The highest BCUT2D eigenvalue weighted by atomic mass is 16.5. The molecule has 3 nitrogen and oxygen atoms in total. The second kappa shape index (κ2) is 6.77. The van der Waals surface area contributed by atoms with Crippen LogP contribution in [0.15, 0.2) is 41.7 Å². The van der Waals surface area contributed by atoms with Gasteiger partial charge in [-0.15, -0.1) is 0 Å². The molecule has 0 atom stereocenters. The van der Waals surface area contributed by atoms with Crippen LogP contribution >= 0.6 is 0 Å². The second-order valence-electron chi connectivity index (χ2n) is 3.79. The summed E-state index contributed by atoms with van der Waals surface area (Å²) in [6, 6.07) is 7.78. The molecule has 0 saturated heterocycles. The molecule has 0 amide bonds. The van der Waals surface area contributed by atoms with Crippen LogP contribution in [0.3, 0.4) is 0 Å². The minimum absolute atomic E-state index is 0.703. The van der Waals surface area contributed by atoms with Gasteiger partial charge in [-0.25, -0.2) is 5.53 Å². The van der Waals surface area contributed by atoms with E-state index in [2.05, 4.69) is 11.7 Å². The Hall–Kier alpha value is -1.64. The smallest absolute Gasteiger partial charge is 0.0877 e. The predicted molar refractivity (Wildman–Crippen MR) is 65.0 cm³/mol. The maximum Gasteiger partial charge on any atom is 0.0877 e. The third-order valence-electron chi connectivity index (χ3n) is 2.27. The number of aryl methyl sites for hydroxylation is 1. The second-order valence-corrected chi connectivity index (χ2v) is 3.79. The van der Waals surface area contributed by atoms with Crippen molar-refractivity contribution in [2.75, 3.05) is 6.61 Å². The van der Waals surface area contributed by atoms with Crippen LogP contribution in [0, 0.1) is 5.53 Å². The van der Waals surface area contributed by atoms with E-state index in [1.807, 2.05) is 31.2 Å². The highest BCUT2D eigenvalue weighted by Crippen LogP contribution is 2.14. The third-order valence-corrected chi connectivity index (χ3v) is 2.27. The van der Waals surface area contributed by atoms with E-state index in [9.17, 15) is 0 Å². The lowest BCUT2D eigenvalue weighted by Crippen LogP contribution is -1.93. The Morgan fingerprint density at radius 2 is 2.00 bits per heavy atom. The van der Waals surface area contributed by atoms with Crippen molar-refractivity contribution in [2.24, 2.45) is 5.11 Å². The van der Waals surface area contributed by atoms with Crippen LogP contribution in [0.5, 0.6) is 0 Å². The molecule has 0 aliphatic heterocycles. The van der Waals surface area contributed by atoms with Crippen LogP contribution in [-0.2, 0) is 11.2 Å². The van der Waals surface area contributed by atoms with Crippen molar-refractivity contribution in [3.8, 4) is 0 Å². The van der Waals surface area contributed by atoms with Gasteiger partial charge in [-0.2, -0.15) is 5.11 Å². The van der Waals surface area contributed by atoms with E-state index in [0.717, 1.165) is 31.6 Å². The highest BCUT2D eigenvalue weighted by molar-refractivity contribution is 5.37. The Bertz CT molecular complexity index is 343. The van der Waals surface area contributed by atoms with Crippen LogP contribution < -0.4 is 0 Å². The first-order chi connectivity index (χ1) is 7.72. The van der Waals surface area contributed by atoms with Crippen molar-refractivity contribution in [3.63, 3.8) is 0 Å². The van der Waals surface area contributed by atoms with E-state index in [0.29, 0.717) is 5.69 Å². The zero-order chi connectivity index (χ0) is 11.8. The molecule has 0 heterocycles. The Labute approximate surface area is 96.6 Å². The SMILES string of the molecule is C=C(C)OCCCCc1ccc(N=N)cc1. The number of hydrogen-bond donors (Lipinski definition) is 1. The Kier molecular flexibility index (Phi) is 5.26. The van der Waals surface area contributed by atoms with Crippen LogP contribution in [0.1, 0.15) is 25.3 Å². The third kappa shape index (κ3) is 4.73. The van der Waals surface area contributed by atoms with E-state index in [4.69, 9.17) is 10.3 Å². The molecule has 1 aromatic carbocycles. The van der Waals surface area contributed by atoms with Gasteiger partial charge in [0, 0.05) is 0 Å². The lowest BCUT2D eigenvalue weighted by Gasteiger charge is -2.04. The summed E-state index contributed by atoms with van der Waals surface area (Å²) < 4.78 is 5.28. The number of hydrogen-bond acceptors (Lipinski definition) is 3. The van der Waals surface area contributed by atoms with Crippen LogP contribution in [0.2, 0.25) is 0 Å². The normalized spacial score (nSPS) is 9.81. The summed E-state index contributed by atoms with van der Waals surface area (Å²) in [5.74, 6) is 0.779. The lowest BCUT2D eigenvalue weighted by molar-refractivity contribution is 0.209.